The third-order valence-electron chi connectivity index (χ3n) is 2.39. The fourth-order valence-electron chi connectivity index (χ4n) is 1.36. The summed E-state index contributed by atoms with van der Waals surface area (Å²) < 4.78 is 18.2. The van der Waals surface area contributed by atoms with Gasteiger partial charge in [0.05, 0.1) is 13.2 Å². The normalized spacial score (nSPS) is 11.4. The maximum atomic E-state index is 13.4. The Balaban J connectivity index is 0.00000324. The van der Waals surface area contributed by atoms with E-state index >= 15 is 0 Å². The van der Waals surface area contributed by atoms with E-state index in [1.165, 1.54) is 19.2 Å². The summed E-state index contributed by atoms with van der Waals surface area (Å²) in [7, 11) is 1.38. The highest BCUT2D eigenvalue weighted by atomic mass is 35.5. The monoisotopic (exact) mass is 308 g/mol. The number of hydrogen-bond donors (Lipinski definition) is 2. The number of nitrogens with one attached hydrogen (secondary N) is 1. The minimum atomic E-state index is -0.581. The van der Waals surface area contributed by atoms with Crippen LogP contribution in [0.3, 0.4) is 0 Å². The zero-order valence-electron chi connectivity index (χ0n) is 10.8. The fraction of sp³-hybridized carbons (Fsp3) is 0.417. The van der Waals surface area contributed by atoms with Crippen LogP contribution in [-0.4, -0.2) is 31.1 Å². The number of thioether (sulfide) groups is 1. The van der Waals surface area contributed by atoms with E-state index in [0.717, 1.165) is 5.75 Å². The number of carbonyl (C=O) groups excluding carboxylic acids is 1. The van der Waals surface area contributed by atoms with Gasteiger partial charge in [0.1, 0.15) is 0 Å². The summed E-state index contributed by atoms with van der Waals surface area (Å²) in [6, 6.07) is 3.65. The van der Waals surface area contributed by atoms with Gasteiger partial charge in [-0.25, -0.2) is 4.39 Å². The van der Waals surface area contributed by atoms with E-state index in [2.05, 4.69) is 5.32 Å². The van der Waals surface area contributed by atoms with E-state index < -0.39 is 11.9 Å². The molecular formula is C12H18ClFN2O2S. The maximum absolute atomic E-state index is 13.4. The van der Waals surface area contributed by atoms with Crippen LogP contribution in [0.1, 0.15) is 6.42 Å². The Hall–Kier alpha value is -0.980. The SMILES string of the molecule is COc1ccc(NC(=O)[C@@H](N)CCSC)cc1F.Cl. The first-order chi connectivity index (χ1) is 8.58. The number of benzene rings is 1. The van der Waals surface area contributed by atoms with Crippen LogP contribution in [-0.2, 0) is 4.79 Å². The lowest BCUT2D eigenvalue weighted by molar-refractivity contribution is -0.117. The van der Waals surface area contributed by atoms with Crippen molar-refractivity contribution in [3.05, 3.63) is 24.0 Å². The Kier molecular flexibility index (Phi) is 8.54. The van der Waals surface area contributed by atoms with Gasteiger partial charge in [-0.2, -0.15) is 11.8 Å². The highest BCUT2D eigenvalue weighted by Gasteiger charge is 2.13. The van der Waals surface area contributed by atoms with Crippen LogP contribution >= 0.6 is 24.2 Å². The minimum absolute atomic E-state index is 0. The highest BCUT2D eigenvalue weighted by molar-refractivity contribution is 7.98. The van der Waals surface area contributed by atoms with E-state index in [-0.39, 0.29) is 24.1 Å². The Labute approximate surface area is 122 Å². The number of halogens is 2. The van der Waals surface area contributed by atoms with Crippen molar-refractivity contribution in [3.63, 3.8) is 0 Å². The lowest BCUT2D eigenvalue weighted by Crippen LogP contribution is -2.36. The standard InChI is InChI=1S/C12H17FN2O2S.ClH/c1-17-11-4-3-8(7-9(11)13)15-12(16)10(14)5-6-18-2;/h3-4,7,10H,5-6,14H2,1-2H3,(H,15,16);1H/t10-;/m0./s1. The third kappa shape index (κ3) is 5.67. The van der Waals surface area contributed by atoms with Gasteiger partial charge in [0.25, 0.3) is 0 Å². The Morgan fingerprint density at radius 2 is 2.26 bits per heavy atom. The average molecular weight is 309 g/mol. The van der Waals surface area contributed by atoms with Gasteiger partial charge in [0.15, 0.2) is 11.6 Å². The average Bonchev–Trinajstić information content (AvgIpc) is 2.36. The number of carbonyl (C=O) groups is 1. The third-order valence-corrected chi connectivity index (χ3v) is 3.03. The molecule has 0 fully saturated rings. The molecule has 19 heavy (non-hydrogen) atoms. The van der Waals surface area contributed by atoms with E-state index in [9.17, 15) is 9.18 Å². The topological polar surface area (TPSA) is 64.3 Å². The summed E-state index contributed by atoms with van der Waals surface area (Å²) in [6.45, 7) is 0. The maximum Gasteiger partial charge on any atom is 0.241 e. The van der Waals surface area contributed by atoms with Gasteiger partial charge in [-0.05, 0) is 30.6 Å². The summed E-state index contributed by atoms with van der Waals surface area (Å²) in [5.74, 6) is 0.118. The van der Waals surface area contributed by atoms with Gasteiger partial charge in [0.2, 0.25) is 5.91 Å². The van der Waals surface area contributed by atoms with Crippen LogP contribution in [0, 0.1) is 5.82 Å². The number of methoxy groups -OCH3 is 1. The van der Waals surface area contributed by atoms with Crippen LogP contribution in [0.5, 0.6) is 5.75 Å². The predicted octanol–water partition coefficient (Wildman–Crippen LogP) is 2.28. The molecule has 0 saturated heterocycles. The molecule has 1 amide bonds. The van der Waals surface area contributed by atoms with Crippen molar-refractivity contribution < 1.29 is 13.9 Å². The summed E-state index contributed by atoms with van der Waals surface area (Å²) in [5, 5.41) is 2.57. The first kappa shape index (κ1) is 18.0. The van der Waals surface area contributed by atoms with Crippen molar-refractivity contribution in [2.24, 2.45) is 5.73 Å². The number of amides is 1. The molecule has 0 bridgehead atoms. The Morgan fingerprint density at radius 1 is 1.58 bits per heavy atom. The summed E-state index contributed by atoms with van der Waals surface area (Å²) in [5.41, 5.74) is 6.07. The van der Waals surface area contributed by atoms with Crippen molar-refractivity contribution >= 4 is 35.8 Å². The van der Waals surface area contributed by atoms with Crippen molar-refractivity contribution in [3.8, 4) is 5.75 Å². The first-order valence-electron chi connectivity index (χ1n) is 5.47. The highest BCUT2D eigenvalue weighted by Crippen LogP contribution is 2.20. The van der Waals surface area contributed by atoms with Gasteiger partial charge < -0.3 is 15.8 Å². The fourth-order valence-corrected chi connectivity index (χ4v) is 1.84. The molecule has 4 nitrogen and oxygen atoms in total. The van der Waals surface area contributed by atoms with Crippen LogP contribution in [0.2, 0.25) is 0 Å². The summed E-state index contributed by atoms with van der Waals surface area (Å²) >= 11 is 1.62. The Morgan fingerprint density at radius 3 is 2.79 bits per heavy atom. The number of hydrogen-bond acceptors (Lipinski definition) is 4. The molecule has 0 aliphatic heterocycles. The van der Waals surface area contributed by atoms with E-state index in [0.29, 0.717) is 12.1 Å². The molecule has 0 aliphatic carbocycles. The van der Waals surface area contributed by atoms with E-state index in [1.54, 1.807) is 17.8 Å². The minimum Gasteiger partial charge on any atom is -0.494 e. The van der Waals surface area contributed by atoms with Crippen LogP contribution in [0.4, 0.5) is 10.1 Å². The second-order valence-electron chi connectivity index (χ2n) is 3.73. The van der Waals surface area contributed by atoms with Crippen molar-refractivity contribution in [2.45, 2.75) is 12.5 Å². The molecule has 108 valence electrons. The lowest BCUT2D eigenvalue weighted by Gasteiger charge is -2.12. The molecule has 7 heteroatoms. The van der Waals surface area contributed by atoms with Crippen LogP contribution < -0.4 is 15.8 Å². The molecule has 1 atom stereocenters. The molecule has 1 aromatic carbocycles. The molecule has 3 N–H and O–H groups in total. The number of nitrogens with two attached hydrogens (primary N) is 1. The largest absolute Gasteiger partial charge is 0.494 e. The number of anilines is 1. The second kappa shape index (κ2) is 9.01. The zero-order valence-corrected chi connectivity index (χ0v) is 12.4. The van der Waals surface area contributed by atoms with Gasteiger partial charge in [0, 0.05) is 11.8 Å². The first-order valence-corrected chi connectivity index (χ1v) is 6.86. The molecule has 0 spiro atoms. The van der Waals surface area contributed by atoms with Crippen molar-refractivity contribution in [1.82, 2.24) is 0 Å². The molecule has 0 aromatic heterocycles. The summed E-state index contributed by atoms with van der Waals surface area (Å²) in [4.78, 5) is 11.7. The van der Waals surface area contributed by atoms with E-state index in [4.69, 9.17) is 10.5 Å². The molecule has 0 radical (unpaired) electrons. The molecule has 0 heterocycles. The zero-order chi connectivity index (χ0) is 13.5. The van der Waals surface area contributed by atoms with Gasteiger partial charge in [-0.3, -0.25) is 4.79 Å². The quantitative estimate of drug-likeness (QED) is 0.846. The van der Waals surface area contributed by atoms with Gasteiger partial charge in [-0.1, -0.05) is 0 Å². The van der Waals surface area contributed by atoms with Crippen molar-refractivity contribution in [2.75, 3.05) is 24.4 Å². The van der Waals surface area contributed by atoms with E-state index in [1.807, 2.05) is 6.26 Å². The smallest absolute Gasteiger partial charge is 0.241 e. The Bertz CT molecular complexity index is 421. The molecule has 1 rings (SSSR count). The van der Waals surface area contributed by atoms with Gasteiger partial charge >= 0.3 is 0 Å². The number of ether oxygens (including phenoxy) is 1. The van der Waals surface area contributed by atoms with Gasteiger partial charge in [-0.15, -0.1) is 12.4 Å². The van der Waals surface area contributed by atoms with Crippen LogP contribution in [0.25, 0.3) is 0 Å². The molecule has 0 aliphatic rings. The summed E-state index contributed by atoms with van der Waals surface area (Å²) in [6.07, 6.45) is 2.54. The lowest BCUT2D eigenvalue weighted by atomic mass is 10.2. The molecule has 0 unspecified atom stereocenters. The molecule has 1 aromatic rings. The predicted molar refractivity (Wildman–Crippen MR) is 79.8 cm³/mol. The second-order valence-corrected chi connectivity index (χ2v) is 4.71. The van der Waals surface area contributed by atoms with Crippen LogP contribution in [0.15, 0.2) is 18.2 Å². The molecular weight excluding hydrogens is 291 g/mol. The van der Waals surface area contributed by atoms with Crippen molar-refractivity contribution in [1.29, 1.82) is 0 Å². The number of rotatable bonds is 6. The molecule has 0 saturated carbocycles.